The fraction of sp³-hybridized carbons (Fsp3) is 0.478. The first-order valence-corrected chi connectivity index (χ1v) is 12.3. The van der Waals surface area contributed by atoms with E-state index in [1.807, 2.05) is 0 Å². The van der Waals surface area contributed by atoms with Crippen LogP contribution in [0.15, 0.2) is 17.0 Å². The van der Waals surface area contributed by atoms with Gasteiger partial charge in [-0.15, -0.1) is 0 Å². The van der Waals surface area contributed by atoms with Crippen molar-refractivity contribution in [1.29, 1.82) is 0 Å². The minimum Gasteiger partial charge on any atom is -0.490 e. The van der Waals surface area contributed by atoms with Gasteiger partial charge in [0.25, 0.3) is 11.1 Å². The van der Waals surface area contributed by atoms with Crippen molar-refractivity contribution in [3.63, 3.8) is 0 Å². The average molecular weight is 511 g/mol. The molecule has 0 atom stereocenters. The first-order chi connectivity index (χ1) is 16.3. The molecule has 0 N–H and O–H groups in total. The molecule has 0 radical (unpaired) electrons. The topological polar surface area (TPSA) is 102 Å². The second-order valence-electron chi connectivity index (χ2n) is 7.57. The van der Waals surface area contributed by atoms with Crippen LogP contribution in [0.1, 0.15) is 38.7 Å². The van der Waals surface area contributed by atoms with Gasteiger partial charge in [-0.25, -0.2) is 4.79 Å². The Morgan fingerprint density at radius 2 is 1.82 bits per heavy atom. The van der Waals surface area contributed by atoms with Crippen molar-refractivity contribution in [1.82, 2.24) is 9.80 Å². The second-order valence-corrected chi connectivity index (χ2v) is 8.97. The molecule has 0 aromatic heterocycles. The molecular formula is C23H27ClN2O7S. The molecule has 2 fully saturated rings. The number of hydrogen-bond donors (Lipinski definition) is 0. The van der Waals surface area contributed by atoms with Gasteiger partial charge in [0.2, 0.25) is 5.91 Å². The Labute approximate surface area is 207 Å². The molecule has 0 saturated carbocycles. The quantitative estimate of drug-likeness (QED) is 0.366. The number of likely N-dealkylation sites (tertiary alicyclic amines) is 1. The predicted octanol–water partition coefficient (Wildman–Crippen LogP) is 3.73. The molecule has 3 amide bonds. The number of nitrogens with zero attached hydrogens (tertiary/aromatic N) is 2. The van der Waals surface area contributed by atoms with Crippen molar-refractivity contribution in [2.24, 2.45) is 0 Å². The fourth-order valence-corrected chi connectivity index (χ4v) is 4.69. The van der Waals surface area contributed by atoms with E-state index >= 15 is 0 Å². The van der Waals surface area contributed by atoms with E-state index in [-0.39, 0.29) is 47.1 Å². The SMILES string of the molecule is CCOC(=O)COc1c(Cl)cc(/C=C2\SC(=O)N(CC(=O)N3CCCCC3)C2=O)cc1OCC. The molecule has 1 aromatic rings. The Balaban J connectivity index is 1.76. The normalized spacial score (nSPS) is 17.3. The number of amides is 3. The Bertz CT molecular complexity index is 992. The Morgan fingerprint density at radius 3 is 2.50 bits per heavy atom. The number of rotatable bonds is 9. The van der Waals surface area contributed by atoms with Crippen LogP contribution in [0, 0.1) is 0 Å². The molecule has 2 aliphatic rings. The van der Waals surface area contributed by atoms with Crippen molar-refractivity contribution >= 4 is 52.5 Å². The van der Waals surface area contributed by atoms with Crippen LogP contribution >= 0.6 is 23.4 Å². The van der Waals surface area contributed by atoms with Gasteiger partial charge in [-0.1, -0.05) is 11.6 Å². The van der Waals surface area contributed by atoms with Crippen LogP contribution in [0.25, 0.3) is 6.08 Å². The lowest BCUT2D eigenvalue weighted by atomic mass is 10.1. The van der Waals surface area contributed by atoms with Gasteiger partial charge in [-0.2, -0.15) is 0 Å². The Morgan fingerprint density at radius 1 is 1.09 bits per heavy atom. The second kappa shape index (κ2) is 12.1. The van der Waals surface area contributed by atoms with E-state index in [0.29, 0.717) is 25.3 Å². The van der Waals surface area contributed by atoms with Crippen LogP contribution in [-0.2, 0) is 19.1 Å². The zero-order chi connectivity index (χ0) is 24.7. The molecule has 2 saturated heterocycles. The van der Waals surface area contributed by atoms with Crippen LogP contribution in [-0.4, -0.2) is 72.3 Å². The maximum absolute atomic E-state index is 12.8. The highest BCUT2D eigenvalue weighted by Gasteiger charge is 2.37. The minimum absolute atomic E-state index is 0.168. The highest BCUT2D eigenvalue weighted by Crippen LogP contribution is 2.39. The summed E-state index contributed by atoms with van der Waals surface area (Å²) >= 11 is 7.12. The molecule has 2 heterocycles. The number of esters is 1. The Hall–Kier alpha value is -2.72. The molecule has 0 aliphatic carbocycles. The third-order valence-corrected chi connectivity index (χ3v) is 6.33. The molecule has 184 valence electrons. The first kappa shape index (κ1) is 25.9. The van der Waals surface area contributed by atoms with Crippen LogP contribution in [0.4, 0.5) is 4.79 Å². The minimum atomic E-state index is -0.544. The number of halogens is 1. The van der Waals surface area contributed by atoms with Crippen LogP contribution in [0.3, 0.4) is 0 Å². The van der Waals surface area contributed by atoms with Gasteiger partial charge in [0.05, 0.1) is 23.1 Å². The molecule has 0 unspecified atom stereocenters. The number of piperidine rings is 1. The number of ether oxygens (including phenoxy) is 3. The van der Waals surface area contributed by atoms with E-state index in [0.717, 1.165) is 35.9 Å². The summed E-state index contributed by atoms with van der Waals surface area (Å²) in [6.45, 7) is 4.69. The Kier molecular flexibility index (Phi) is 9.23. The number of hydrogen-bond acceptors (Lipinski definition) is 8. The zero-order valence-electron chi connectivity index (χ0n) is 19.1. The summed E-state index contributed by atoms with van der Waals surface area (Å²) in [5.74, 6) is -0.845. The van der Waals surface area contributed by atoms with E-state index in [9.17, 15) is 19.2 Å². The summed E-state index contributed by atoms with van der Waals surface area (Å²) in [6, 6.07) is 3.14. The maximum atomic E-state index is 12.8. The molecule has 9 nitrogen and oxygen atoms in total. The van der Waals surface area contributed by atoms with E-state index in [2.05, 4.69) is 0 Å². The lowest BCUT2D eigenvalue weighted by Crippen LogP contribution is -2.44. The summed E-state index contributed by atoms with van der Waals surface area (Å²) in [7, 11) is 0. The number of benzene rings is 1. The van der Waals surface area contributed by atoms with Gasteiger partial charge in [-0.05, 0) is 68.6 Å². The van der Waals surface area contributed by atoms with Gasteiger partial charge in [0, 0.05) is 13.1 Å². The molecule has 3 rings (SSSR count). The van der Waals surface area contributed by atoms with E-state index in [1.165, 1.54) is 12.1 Å². The van der Waals surface area contributed by atoms with Crippen LogP contribution in [0.5, 0.6) is 11.5 Å². The van der Waals surface area contributed by atoms with Crippen molar-refractivity contribution in [2.75, 3.05) is 39.5 Å². The standard InChI is InChI=1S/C23H27ClN2O7S/c1-3-31-17-11-15(10-16(24)21(17)33-14-20(28)32-4-2)12-18-22(29)26(23(30)34-18)13-19(27)25-8-6-5-7-9-25/h10-12H,3-9,13-14H2,1-2H3/b18-12-. The number of thioether (sulfide) groups is 1. The predicted molar refractivity (Wildman–Crippen MR) is 128 cm³/mol. The van der Waals surface area contributed by atoms with Crippen molar-refractivity contribution in [2.45, 2.75) is 33.1 Å². The lowest BCUT2D eigenvalue weighted by molar-refractivity contribution is -0.145. The largest absolute Gasteiger partial charge is 0.490 e. The van der Waals surface area contributed by atoms with E-state index in [1.54, 1.807) is 24.8 Å². The van der Waals surface area contributed by atoms with E-state index < -0.39 is 17.1 Å². The summed E-state index contributed by atoms with van der Waals surface area (Å²) in [6.07, 6.45) is 4.44. The monoisotopic (exact) mass is 510 g/mol. The zero-order valence-corrected chi connectivity index (χ0v) is 20.7. The lowest BCUT2D eigenvalue weighted by Gasteiger charge is -2.27. The third-order valence-electron chi connectivity index (χ3n) is 5.14. The van der Waals surface area contributed by atoms with Gasteiger partial charge < -0.3 is 19.1 Å². The molecule has 0 spiro atoms. The molecule has 34 heavy (non-hydrogen) atoms. The summed E-state index contributed by atoms with van der Waals surface area (Å²) < 4.78 is 15.9. The van der Waals surface area contributed by atoms with Crippen LogP contribution in [0.2, 0.25) is 5.02 Å². The molecule has 0 bridgehead atoms. The van der Waals surface area contributed by atoms with Gasteiger partial charge >= 0.3 is 5.97 Å². The van der Waals surface area contributed by atoms with Crippen molar-refractivity contribution < 1.29 is 33.4 Å². The summed E-state index contributed by atoms with van der Waals surface area (Å²) in [5, 5.41) is -0.326. The molecule has 11 heteroatoms. The number of carbonyl (C=O) groups excluding carboxylic acids is 4. The fourth-order valence-electron chi connectivity index (χ4n) is 3.57. The third kappa shape index (κ3) is 6.44. The van der Waals surface area contributed by atoms with Gasteiger partial charge in [-0.3, -0.25) is 19.3 Å². The highest BCUT2D eigenvalue weighted by molar-refractivity contribution is 8.18. The van der Waals surface area contributed by atoms with Crippen molar-refractivity contribution in [3.8, 4) is 11.5 Å². The molecular weight excluding hydrogens is 484 g/mol. The highest BCUT2D eigenvalue weighted by atomic mass is 35.5. The molecule has 1 aromatic carbocycles. The summed E-state index contributed by atoms with van der Waals surface area (Å²) in [5.41, 5.74) is 0.504. The van der Waals surface area contributed by atoms with Gasteiger partial charge in [0.1, 0.15) is 6.54 Å². The van der Waals surface area contributed by atoms with Gasteiger partial charge in [0.15, 0.2) is 18.1 Å². The summed E-state index contributed by atoms with van der Waals surface area (Å²) in [4.78, 5) is 52.3. The molecule has 2 aliphatic heterocycles. The first-order valence-electron chi connectivity index (χ1n) is 11.1. The average Bonchev–Trinajstić information content (AvgIpc) is 3.06. The number of imide groups is 1. The number of carbonyl (C=O) groups is 4. The van der Waals surface area contributed by atoms with Crippen LogP contribution < -0.4 is 9.47 Å². The van der Waals surface area contributed by atoms with E-state index in [4.69, 9.17) is 25.8 Å². The maximum Gasteiger partial charge on any atom is 0.344 e. The smallest absolute Gasteiger partial charge is 0.344 e. The van der Waals surface area contributed by atoms with Crippen molar-refractivity contribution in [3.05, 3.63) is 27.6 Å².